The van der Waals surface area contributed by atoms with Gasteiger partial charge >= 0.3 is 0 Å². The van der Waals surface area contributed by atoms with Gasteiger partial charge in [0.1, 0.15) is 5.75 Å². The van der Waals surface area contributed by atoms with Gasteiger partial charge in [-0.05, 0) is 6.07 Å². The van der Waals surface area contributed by atoms with Crippen molar-refractivity contribution in [3.8, 4) is 5.75 Å². The summed E-state index contributed by atoms with van der Waals surface area (Å²) < 4.78 is 4.99. The van der Waals surface area contributed by atoms with E-state index in [2.05, 4.69) is 5.32 Å². The van der Waals surface area contributed by atoms with E-state index in [-0.39, 0.29) is 18.8 Å². The number of carboxylic acids is 1. The summed E-state index contributed by atoms with van der Waals surface area (Å²) in [5.74, 6) is -0.937. The zero-order valence-corrected chi connectivity index (χ0v) is 9.13. The molecule has 92 valence electrons. The minimum Gasteiger partial charge on any atom is -0.549 e. The molecule has 0 spiro atoms. The molecule has 7 nitrogen and oxygen atoms in total. The summed E-state index contributed by atoms with van der Waals surface area (Å²) in [4.78, 5) is 20.5. The first-order valence-corrected chi connectivity index (χ1v) is 4.77. The fourth-order valence-electron chi connectivity index (χ4n) is 1.38. The Bertz CT molecular complexity index is 433. The molecule has 0 atom stereocenters. The number of carbonyl (C=O) groups is 1. The van der Waals surface area contributed by atoms with Gasteiger partial charge in [0, 0.05) is 19.2 Å². The number of methoxy groups -OCH3 is 1. The van der Waals surface area contributed by atoms with E-state index in [0.717, 1.165) is 0 Å². The first-order valence-electron chi connectivity index (χ1n) is 4.77. The molecule has 17 heavy (non-hydrogen) atoms. The van der Waals surface area contributed by atoms with Gasteiger partial charge < -0.3 is 20.0 Å². The summed E-state index contributed by atoms with van der Waals surface area (Å²) in [6.45, 7) is -0.358. The van der Waals surface area contributed by atoms with Crippen LogP contribution in [-0.4, -0.2) is 24.5 Å². The van der Waals surface area contributed by atoms with E-state index in [1.807, 2.05) is 0 Å². The third-order valence-corrected chi connectivity index (χ3v) is 2.10. The van der Waals surface area contributed by atoms with Crippen LogP contribution in [0, 0.1) is 10.1 Å². The van der Waals surface area contributed by atoms with Crippen LogP contribution >= 0.6 is 0 Å². The number of hydrogen-bond donors (Lipinski definition) is 1. The molecule has 7 heteroatoms. The Hall–Kier alpha value is -2.15. The zero-order chi connectivity index (χ0) is 12.8. The maximum Gasteiger partial charge on any atom is 0.277 e. The predicted octanol–water partition coefficient (Wildman–Crippen LogP) is -0.557. The number of hydrogen-bond acceptors (Lipinski definition) is 6. The van der Waals surface area contributed by atoms with Crippen LogP contribution in [0.5, 0.6) is 5.75 Å². The lowest BCUT2D eigenvalue weighted by atomic mass is 10.1. The zero-order valence-electron chi connectivity index (χ0n) is 9.13. The van der Waals surface area contributed by atoms with Gasteiger partial charge in [0.25, 0.3) is 5.69 Å². The van der Waals surface area contributed by atoms with Crippen LogP contribution in [0.3, 0.4) is 0 Å². The normalized spacial score (nSPS) is 9.94. The van der Waals surface area contributed by atoms with Crippen molar-refractivity contribution in [2.24, 2.45) is 0 Å². The number of benzene rings is 1. The average Bonchev–Trinajstić information content (AvgIpc) is 2.28. The molecule has 0 amide bonds. The van der Waals surface area contributed by atoms with E-state index in [0.29, 0.717) is 11.3 Å². The second-order valence-corrected chi connectivity index (χ2v) is 3.19. The minimum absolute atomic E-state index is 0.0221. The topological polar surface area (TPSA) is 105 Å². The van der Waals surface area contributed by atoms with Crippen molar-refractivity contribution in [1.82, 2.24) is 5.32 Å². The third kappa shape index (κ3) is 3.42. The van der Waals surface area contributed by atoms with Crippen LogP contribution in [-0.2, 0) is 11.3 Å². The number of nitrogens with one attached hydrogen (secondary N) is 1. The van der Waals surface area contributed by atoms with E-state index in [1.54, 1.807) is 6.07 Å². The Labute approximate surface area is 97.2 Å². The minimum atomic E-state index is -1.28. The molecule has 0 aliphatic heterocycles. The maximum atomic E-state index is 10.8. The molecule has 0 aliphatic carbocycles. The Morgan fingerprint density at radius 2 is 2.24 bits per heavy atom. The number of carboxylic acid groups (broad SMARTS) is 1. The van der Waals surface area contributed by atoms with Gasteiger partial charge in [-0.1, -0.05) is 6.07 Å². The monoisotopic (exact) mass is 239 g/mol. The molecule has 1 aromatic carbocycles. The second-order valence-electron chi connectivity index (χ2n) is 3.19. The highest BCUT2D eigenvalue weighted by atomic mass is 16.6. The molecule has 0 aliphatic rings. The number of rotatable bonds is 6. The molecule has 0 aromatic heterocycles. The Kier molecular flexibility index (Phi) is 4.41. The molecule has 1 rings (SSSR count). The van der Waals surface area contributed by atoms with Crippen LogP contribution in [0.15, 0.2) is 18.2 Å². The molecule has 1 aromatic rings. The molecule has 0 fully saturated rings. The fraction of sp³-hybridized carbons (Fsp3) is 0.300. The maximum absolute atomic E-state index is 10.8. The Morgan fingerprint density at radius 3 is 2.76 bits per heavy atom. The summed E-state index contributed by atoms with van der Waals surface area (Å²) in [6.07, 6.45) is 0. The lowest BCUT2D eigenvalue weighted by molar-refractivity contribution is -0.385. The van der Waals surface area contributed by atoms with E-state index < -0.39 is 10.9 Å². The molecular formula is C10H11N2O5-. The number of nitro groups is 1. The fourth-order valence-corrected chi connectivity index (χ4v) is 1.38. The van der Waals surface area contributed by atoms with Crippen molar-refractivity contribution in [3.05, 3.63) is 33.9 Å². The van der Waals surface area contributed by atoms with E-state index in [1.165, 1.54) is 19.2 Å². The van der Waals surface area contributed by atoms with E-state index >= 15 is 0 Å². The first-order chi connectivity index (χ1) is 8.06. The first kappa shape index (κ1) is 12.9. The van der Waals surface area contributed by atoms with Gasteiger partial charge in [-0.3, -0.25) is 10.1 Å². The molecule has 0 heterocycles. The second kappa shape index (κ2) is 5.80. The van der Waals surface area contributed by atoms with E-state index in [9.17, 15) is 20.0 Å². The largest absolute Gasteiger partial charge is 0.549 e. The summed E-state index contributed by atoms with van der Waals surface area (Å²) in [6, 6.07) is 4.40. The smallest absolute Gasteiger partial charge is 0.277 e. The predicted molar refractivity (Wildman–Crippen MR) is 56.4 cm³/mol. The molecule has 0 saturated heterocycles. The quantitative estimate of drug-likeness (QED) is 0.527. The Morgan fingerprint density at radius 1 is 1.53 bits per heavy atom. The third-order valence-electron chi connectivity index (χ3n) is 2.10. The van der Waals surface area contributed by atoms with Crippen molar-refractivity contribution in [2.45, 2.75) is 6.54 Å². The van der Waals surface area contributed by atoms with Crippen molar-refractivity contribution < 1.29 is 19.6 Å². The highest BCUT2D eigenvalue weighted by Gasteiger charge is 2.17. The van der Waals surface area contributed by atoms with Crippen LogP contribution in [0.4, 0.5) is 5.69 Å². The molecule has 0 unspecified atom stereocenters. The number of nitrogens with zero attached hydrogens (tertiary/aromatic N) is 1. The SMILES string of the molecule is COc1cccc([N+](=O)[O-])c1CNCC(=O)[O-]. The van der Waals surface area contributed by atoms with Crippen molar-refractivity contribution in [1.29, 1.82) is 0 Å². The van der Waals surface area contributed by atoms with Crippen LogP contribution < -0.4 is 15.2 Å². The van der Waals surface area contributed by atoms with Gasteiger partial charge in [0.05, 0.1) is 23.6 Å². The standard InChI is InChI=1S/C10H12N2O5/c1-17-9-4-2-3-8(12(15)16)7(9)5-11-6-10(13)14/h2-4,11H,5-6H2,1H3,(H,13,14)/p-1. The average molecular weight is 239 g/mol. The number of nitro benzene ring substituents is 1. The number of aliphatic carboxylic acids is 1. The molecule has 0 bridgehead atoms. The number of ether oxygens (including phenoxy) is 1. The van der Waals surface area contributed by atoms with Crippen molar-refractivity contribution >= 4 is 11.7 Å². The van der Waals surface area contributed by atoms with Gasteiger partial charge in [-0.25, -0.2) is 0 Å². The van der Waals surface area contributed by atoms with Gasteiger partial charge in [0.2, 0.25) is 0 Å². The van der Waals surface area contributed by atoms with Crippen molar-refractivity contribution in [3.63, 3.8) is 0 Å². The highest BCUT2D eigenvalue weighted by Crippen LogP contribution is 2.27. The van der Waals surface area contributed by atoms with Crippen LogP contribution in [0.25, 0.3) is 0 Å². The lowest BCUT2D eigenvalue weighted by Gasteiger charge is -2.10. The lowest BCUT2D eigenvalue weighted by Crippen LogP contribution is -2.34. The van der Waals surface area contributed by atoms with Crippen LogP contribution in [0.2, 0.25) is 0 Å². The number of carbonyl (C=O) groups excluding carboxylic acids is 1. The molecular weight excluding hydrogens is 228 g/mol. The molecule has 0 radical (unpaired) electrons. The molecule has 1 N–H and O–H groups in total. The molecule has 0 saturated carbocycles. The summed E-state index contributed by atoms with van der Waals surface area (Å²) >= 11 is 0. The van der Waals surface area contributed by atoms with Crippen molar-refractivity contribution in [2.75, 3.05) is 13.7 Å². The van der Waals surface area contributed by atoms with Gasteiger partial charge in [-0.2, -0.15) is 0 Å². The summed E-state index contributed by atoms with van der Waals surface area (Å²) in [5, 5.41) is 23.5. The van der Waals surface area contributed by atoms with Gasteiger partial charge in [0.15, 0.2) is 0 Å². The Balaban J connectivity index is 2.93. The summed E-state index contributed by atoms with van der Waals surface area (Å²) in [5.41, 5.74) is 0.191. The van der Waals surface area contributed by atoms with Crippen LogP contribution in [0.1, 0.15) is 5.56 Å². The highest BCUT2D eigenvalue weighted by molar-refractivity contribution is 5.66. The van der Waals surface area contributed by atoms with E-state index in [4.69, 9.17) is 4.74 Å². The summed E-state index contributed by atoms with van der Waals surface area (Å²) in [7, 11) is 1.39. The van der Waals surface area contributed by atoms with Gasteiger partial charge in [-0.15, -0.1) is 0 Å².